The highest BCUT2D eigenvalue weighted by molar-refractivity contribution is 7.91. The van der Waals surface area contributed by atoms with Crippen LogP contribution in [0, 0.1) is 0 Å². The predicted molar refractivity (Wildman–Crippen MR) is 84.2 cm³/mol. The largest absolute Gasteiger partial charge is 0.494 e. The first-order valence-electron chi connectivity index (χ1n) is 7.17. The van der Waals surface area contributed by atoms with E-state index >= 15 is 0 Å². The molecular formula is C14H21NO5S2. The van der Waals surface area contributed by atoms with Crippen molar-refractivity contribution in [3.63, 3.8) is 0 Å². The molecule has 0 aliphatic carbocycles. The van der Waals surface area contributed by atoms with E-state index in [1.54, 1.807) is 12.1 Å². The Bertz CT molecular complexity index is 702. The fraction of sp³-hybridized carbons (Fsp3) is 0.571. The first-order valence-corrected chi connectivity index (χ1v) is 10.6. The zero-order chi connectivity index (χ0) is 16.4. The van der Waals surface area contributed by atoms with E-state index in [0.29, 0.717) is 25.2 Å². The van der Waals surface area contributed by atoms with Gasteiger partial charge in [0.1, 0.15) is 15.6 Å². The number of sulfone groups is 1. The first kappa shape index (κ1) is 17.2. The molecule has 0 bridgehead atoms. The number of ether oxygens (including phenoxy) is 1. The number of rotatable bonds is 5. The van der Waals surface area contributed by atoms with Crippen molar-refractivity contribution in [1.29, 1.82) is 0 Å². The van der Waals surface area contributed by atoms with Crippen molar-refractivity contribution in [3.8, 4) is 5.75 Å². The summed E-state index contributed by atoms with van der Waals surface area (Å²) >= 11 is 0. The van der Waals surface area contributed by atoms with Gasteiger partial charge in [-0.05, 0) is 44.0 Å². The summed E-state index contributed by atoms with van der Waals surface area (Å²) < 4.78 is 54.8. The lowest BCUT2D eigenvalue weighted by molar-refractivity contribution is 0.339. The molecule has 0 aromatic heterocycles. The van der Waals surface area contributed by atoms with Crippen LogP contribution in [0.4, 0.5) is 0 Å². The highest BCUT2D eigenvalue weighted by atomic mass is 32.2. The number of sulfonamides is 1. The smallest absolute Gasteiger partial charge is 0.243 e. The topological polar surface area (TPSA) is 80.8 Å². The highest BCUT2D eigenvalue weighted by Crippen LogP contribution is 2.24. The van der Waals surface area contributed by atoms with Gasteiger partial charge < -0.3 is 4.74 Å². The van der Waals surface area contributed by atoms with Crippen LogP contribution in [-0.4, -0.2) is 52.3 Å². The summed E-state index contributed by atoms with van der Waals surface area (Å²) in [5, 5.41) is -0.445. The summed E-state index contributed by atoms with van der Waals surface area (Å²) in [5.41, 5.74) is 0. The summed E-state index contributed by atoms with van der Waals surface area (Å²) in [5.74, 6) is 0.622. The maximum Gasteiger partial charge on any atom is 0.243 e. The lowest BCUT2D eigenvalue weighted by atomic mass is 10.2. The molecule has 0 radical (unpaired) electrons. The number of hydrogen-bond donors (Lipinski definition) is 0. The third kappa shape index (κ3) is 3.80. The van der Waals surface area contributed by atoms with E-state index in [-0.39, 0.29) is 18.0 Å². The second-order valence-electron chi connectivity index (χ2n) is 5.34. The Morgan fingerprint density at radius 3 is 2.09 bits per heavy atom. The van der Waals surface area contributed by atoms with Crippen molar-refractivity contribution in [2.24, 2.45) is 0 Å². The van der Waals surface area contributed by atoms with Crippen LogP contribution in [0.2, 0.25) is 0 Å². The first-order chi connectivity index (χ1) is 10.2. The molecule has 22 heavy (non-hydrogen) atoms. The lowest BCUT2D eigenvalue weighted by Crippen LogP contribution is -2.42. The number of benzene rings is 1. The van der Waals surface area contributed by atoms with Gasteiger partial charge in [0, 0.05) is 19.3 Å². The van der Waals surface area contributed by atoms with Crippen molar-refractivity contribution >= 4 is 19.9 Å². The van der Waals surface area contributed by atoms with Gasteiger partial charge in [0.05, 0.1) is 16.8 Å². The molecule has 1 aliphatic heterocycles. The van der Waals surface area contributed by atoms with Crippen LogP contribution in [0.25, 0.3) is 0 Å². The minimum Gasteiger partial charge on any atom is -0.494 e. The zero-order valence-electron chi connectivity index (χ0n) is 12.7. The number of piperidine rings is 1. The van der Waals surface area contributed by atoms with E-state index in [4.69, 9.17) is 4.74 Å². The van der Waals surface area contributed by atoms with Crippen LogP contribution in [0.1, 0.15) is 19.8 Å². The molecule has 0 amide bonds. The molecule has 1 fully saturated rings. The zero-order valence-corrected chi connectivity index (χ0v) is 14.4. The summed E-state index contributed by atoms with van der Waals surface area (Å²) in [6.45, 7) is 2.84. The quantitative estimate of drug-likeness (QED) is 0.801. The predicted octanol–water partition coefficient (Wildman–Crippen LogP) is 1.28. The van der Waals surface area contributed by atoms with Crippen LogP contribution < -0.4 is 4.74 Å². The molecule has 1 heterocycles. The molecular weight excluding hydrogens is 326 g/mol. The molecule has 0 unspecified atom stereocenters. The van der Waals surface area contributed by atoms with E-state index in [9.17, 15) is 16.8 Å². The van der Waals surface area contributed by atoms with Gasteiger partial charge in [0.2, 0.25) is 10.0 Å². The molecule has 1 aromatic carbocycles. The number of hydrogen-bond acceptors (Lipinski definition) is 5. The van der Waals surface area contributed by atoms with Gasteiger partial charge in [0.15, 0.2) is 0 Å². The summed E-state index contributed by atoms with van der Waals surface area (Å²) in [7, 11) is -6.69. The Morgan fingerprint density at radius 1 is 1.09 bits per heavy atom. The van der Waals surface area contributed by atoms with Crippen molar-refractivity contribution in [1.82, 2.24) is 4.31 Å². The average molecular weight is 347 g/mol. The van der Waals surface area contributed by atoms with Crippen LogP contribution in [0.5, 0.6) is 5.75 Å². The fourth-order valence-electron chi connectivity index (χ4n) is 2.52. The van der Waals surface area contributed by atoms with Gasteiger partial charge in [-0.3, -0.25) is 0 Å². The van der Waals surface area contributed by atoms with Crippen LogP contribution in [0.3, 0.4) is 0 Å². The Balaban J connectivity index is 2.11. The highest BCUT2D eigenvalue weighted by Gasteiger charge is 2.32. The third-order valence-electron chi connectivity index (χ3n) is 3.78. The Kier molecular flexibility index (Phi) is 5.14. The van der Waals surface area contributed by atoms with Crippen LogP contribution >= 0.6 is 0 Å². The fourth-order valence-corrected chi connectivity index (χ4v) is 5.06. The molecule has 8 heteroatoms. The maximum absolute atomic E-state index is 12.5. The second-order valence-corrected chi connectivity index (χ2v) is 9.60. The average Bonchev–Trinajstić information content (AvgIpc) is 2.47. The molecule has 124 valence electrons. The standard InChI is InChI=1S/C14H21NO5S2/c1-3-20-12-4-6-14(7-5-12)22(18,19)15-10-8-13(9-11-15)21(2,16)17/h4-7,13H,3,8-11H2,1-2H3. The molecule has 0 spiro atoms. The number of nitrogens with zero attached hydrogens (tertiary/aromatic N) is 1. The summed E-state index contributed by atoms with van der Waals surface area (Å²) in [6.07, 6.45) is 1.89. The molecule has 6 nitrogen and oxygen atoms in total. The van der Waals surface area contributed by atoms with Crippen molar-refractivity contribution in [2.45, 2.75) is 29.9 Å². The van der Waals surface area contributed by atoms with Crippen molar-refractivity contribution in [3.05, 3.63) is 24.3 Å². The van der Waals surface area contributed by atoms with Crippen molar-refractivity contribution < 1.29 is 21.6 Å². The second kappa shape index (κ2) is 6.55. The molecule has 1 aromatic rings. The Morgan fingerprint density at radius 2 is 1.64 bits per heavy atom. The molecule has 0 N–H and O–H groups in total. The molecule has 1 saturated heterocycles. The van der Waals surface area contributed by atoms with Gasteiger partial charge >= 0.3 is 0 Å². The van der Waals surface area contributed by atoms with E-state index < -0.39 is 25.1 Å². The van der Waals surface area contributed by atoms with Gasteiger partial charge in [-0.15, -0.1) is 0 Å². The van der Waals surface area contributed by atoms with Gasteiger partial charge in [0.25, 0.3) is 0 Å². The van der Waals surface area contributed by atoms with E-state index in [2.05, 4.69) is 0 Å². The van der Waals surface area contributed by atoms with Crippen molar-refractivity contribution in [2.75, 3.05) is 26.0 Å². The van der Waals surface area contributed by atoms with E-state index in [0.717, 1.165) is 0 Å². The molecule has 0 atom stereocenters. The third-order valence-corrected chi connectivity index (χ3v) is 7.37. The molecule has 2 rings (SSSR count). The summed E-state index contributed by atoms with van der Waals surface area (Å²) in [4.78, 5) is 0.203. The maximum atomic E-state index is 12.5. The van der Waals surface area contributed by atoms with Gasteiger partial charge in [-0.1, -0.05) is 0 Å². The minimum absolute atomic E-state index is 0.203. The SMILES string of the molecule is CCOc1ccc(S(=O)(=O)N2CCC(S(C)(=O)=O)CC2)cc1. The Hall–Kier alpha value is -1.12. The molecule has 0 saturated carbocycles. The van der Waals surface area contributed by atoms with E-state index in [1.165, 1.54) is 22.7 Å². The monoisotopic (exact) mass is 347 g/mol. The van der Waals surface area contributed by atoms with Crippen LogP contribution in [-0.2, 0) is 19.9 Å². The van der Waals surface area contributed by atoms with E-state index in [1.807, 2.05) is 6.92 Å². The van der Waals surface area contributed by atoms with Gasteiger partial charge in [-0.25, -0.2) is 16.8 Å². The Labute approximate surface area is 132 Å². The minimum atomic E-state index is -3.58. The van der Waals surface area contributed by atoms with Gasteiger partial charge in [-0.2, -0.15) is 4.31 Å². The normalized spacial score (nSPS) is 18.3. The molecule has 1 aliphatic rings. The van der Waals surface area contributed by atoms with Crippen LogP contribution in [0.15, 0.2) is 29.2 Å². The summed E-state index contributed by atoms with van der Waals surface area (Å²) in [6, 6.07) is 6.28. The lowest BCUT2D eigenvalue weighted by Gasteiger charge is -2.30.